The Kier molecular flexibility index (Phi) is 6.98. The lowest BCUT2D eigenvalue weighted by molar-refractivity contribution is -0.384. The number of hydrogen-bond donors (Lipinski definition) is 2. The third-order valence-corrected chi connectivity index (χ3v) is 6.29. The molecule has 3 aromatic rings. The summed E-state index contributed by atoms with van der Waals surface area (Å²) in [5.74, 6) is 0.584. The highest BCUT2D eigenvalue weighted by Gasteiger charge is 2.27. The fraction of sp³-hybridized carbons (Fsp3) is 0.200. The molecule has 0 amide bonds. The first-order chi connectivity index (χ1) is 14.9. The molecular weight excluding hydrogens is 420 g/mol. The lowest BCUT2D eigenvalue weighted by Crippen LogP contribution is -2.30. The van der Waals surface area contributed by atoms with E-state index >= 15 is 0 Å². The Morgan fingerprint density at radius 2 is 1.81 bits per heavy atom. The number of aromatic nitrogens is 2. The fourth-order valence-corrected chi connectivity index (χ4v) is 4.46. The van der Waals surface area contributed by atoms with Gasteiger partial charge in [-0.15, -0.1) is 0 Å². The van der Waals surface area contributed by atoms with Crippen molar-refractivity contribution in [3.05, 3.63) is 77.2 Å². The van der Waals surface area contributed by atoms with Crippen LogP contribution < -0.4 is 14.9 Å². The molecule has 0 spiro atoms. The predicted molar refractivity (Wildman–Crippen MR) is 119 cm³/mol. The number of rotatable bonds is 10. The summed E-state index contributed by atoms with van der Waals surface area (Å²) in [5, 5.41) is 17.6. The van der Waals surface area contributed by atoms with Gasteiger partial charge >= 0.3 is 0 Å². The standard InChI is InChI=1S/C20H22N6O4S/c1-2-25(16-6-4-3-5-7-16)31(29,30)17-8-9-18(19(14-17)26(27)28)22-12-13-24-20-15-21-10-11-23-20/h3-11,14-15,22H,2,12-13H2,1H3,(H,23,24). The molecule has 0 unspecified atom stereocenters. The van der Waals surface area contributed by atoms with E-state index < -0.39 is 14.9 Å². The first-order valence-corrected chi connectivity index (χ1v) is 11.0. The molecule has 2 N–H and O–H groups in total. The third-order valence-electron chi connectivity index (χ3n) is 4.40. The van der Waals surface area contributed by atoms with Crippen molar-refractivity contribution in [1.29, 1.82) is 0 Å². The van der Waals surface area contributed by atoms with Crippen molar-refractivity contribution in [1.82, 2.24) is 9.97 Å². The second-order valence-electron chi connectivity index (χ2n) is 6.39. The van der Waals surface area contributed by atoms with Crippen LogP contribution in [-0.2, 0) is 10.0 Å². The van der Waals surface area contributed by atoms with Gasteiger partial charge < -0.3 is 10.6 Å². The Bertz CT molecular complexity index is 1130. The van der Waals surface area contributed by atoms with Crippen molar-refractivity contribution in [2.75, 3.05) is 34.6 Å². The number of para-hydroxylation sites is 1. The maximum absolute atomic E-state index is 13.1. The van der Waals surface area contributed by atoms with Crippen LogP contribution in [0.3, 0.4) is 0 Å². The van der Waals surface area contributed by atoms with Gasteiger partial charge in [-0.25, -0.2) is 13.4 Å². The zero-order chi connectivity index (χ0) is 22.3. The molecule has 0 saturated heterocycles. The topological polar surface area (TPSA) is 130 Å². The van der Waals surface area contributed by atoms with Crippen molar-refractivity contribution >= 4 is 32.9 Å². The highest BCUT2D eigenvalue weighted by molar-refractivity contribution is 7.92. The van der Waals surface area contributed by atoms with Crippen LogP contribution in [0.25, 0.3) is 0 Å². The molecule has 1 heterocycles. The molecule has 3 rings (SSSR count). The van der Waals surface area contributed by atoms with E-state index in [1.807, 2.05) is 0 Å². The maximum atomic E-state index is 13.1. The summed E-state index contributed by atoms with van der Waals surface area (Å²) in [6.07, 6.45) is 4.67. The molecule has 162 valence electrons. The Morgan fingerprint density at radius 3 is 2.45 bits per heavy atom. The van der Waals surface area contributed by atoms with Crippen LogP contribution >= 0.6 is 0 Å². The van der Waals surface area contributed by atoms with Gasteiger partial charge in [-0.05, 0) is 31.2 Å². The number of hydrogen-bond acceptors (Lipinski definition) is 8. The number of nitrogens with one attached hydrogen (secondary N) is 2. The predicted octanol–water partition coefficient (Wildman–Crippen LogP) is 3.12. The molecule has 0 atom stereocenters. The van der Waals surface area contributed by atoms with Gasteiger partial charge in [0.05, 0.1) is 21.7 Å². The molecule has 0 aliphatic carbocycles. The van der Waals surface area contributed by atoms with Crippen LogP contribution in [-0.4, -0.2) is 42.9 Å². The quantitative estimate of drug-likeness (QED) is 0.278. The van der Waals surface area contributed by atoms with Crippen LogP contribution in [0, 0.1) is 10.1 Å². The first-order valence-electron chi connectivity index (χ1n) is 9.53. The number of benzene rings is 2. The molecule has 0 aliphatic rings. The minimum atomic E-state index is -3.96. The average Bonchev–Trinajstić information content (AvgIpc) is 2.78. The Balaban J connectivity index is 1.78. The molecule has 1 aromatic heterocycles. The third kappa shape index (κ3) is 5.25. The van der Waals surface area contributed by atoms with Gasteiger partial charge in [0.2, 0.25) is 0 Å². The van der Waals surface area contributed by atoms with E-state index in [-0.39, 0.29) is 22.8 Å². The molecule has 31 heavy (non-hydrogen) atoms. The molecule has 0 bridgehead atoms. The molecule has 0 radical (unpaired) electrons. The number of sulfonamides is 1. The largest absolute Gasteiger partial charge is 0.378 e. The zero-order valence-electron chi connectivity index (χ0n) is 16.8. The maximum Gasteiger partial charge on any atom is 0.293 e. The van der Waals surface area contributed by atoms with Gasteiger partial charge in [-0.3, -0.25) is 19.4 Å². The Morgan fingerprint density at radius 1 is 1.06 bits per heavy atom. The molecule has 0 saturated carbocycles. The molecule has 0 fully saturated rings. The summed E-state index contributed by atoms with van der Waals surface area (Å²) in [4.78, 5) is 18.9. The summed E-state index contributed by atoms with van der Waals surface area (Å²) in [5.41, 5.74) is 0.405. The number of anilines is 3. The Labute approximate surface area is 180 Å². The highest BCUT2D eigenvalue weighted by atomic mass is 32.2. The average molecular weight is 443 g/mol. The Hall–Kier alpha value is -3.73. The van der Waals surface area contributed by atoms with Crippen molar-refractivity contribution in [3.63, 3.8) is 0 Å². The summed E-state index contributed by atoms with van der Waals surface area (Å²) in [7, 11) is -3.96. The van der Waals surface area contributed by atoms with E-state index in [1.54, 1.807) is 55.8 Å². The number of nitro benzene ring substituents is 1. The SMILES string of the molecule is CCN(c1ccccc1)S(=O)(=O)c1ccc(NCCNc2cnccn2)c([N+](=O)[O-])c1. The highest BCUT2D eigenvalue weighted by Crippen LogP contribution is 2.30. The zero-order valence-corrected chi connectivity index (χ0v) is 17.6. The van der Waals surface area contributed by atoms with E-state index in [1.165, 1.54) is 16.4 Å². The molecule has 0 aliphatic heterocycles. The van der Waals surface area contributed by atoms with E-state index in [9.17, 15) is 18.5 Å². The van der Waals surface area contributed by atoms with Gasteiger partial charge in [0.1, 0.15) is 11.5 Å². The minimum Gasteiger partial charge on any atom is -0.378 e. The van der Waals surface area contributed by atoms with Crippen LogP contribution in [0.15, 0.2) is 72.0 Å². The van der Waals surface area contributed by atoms with E-state index in [2.05, 4.69) is 20.6 Å². The molecule has 2 aromatic carbocycles. The first kappa shape index (κ1) is 22.0. The normalized spacial score (nSPS) is 11.0. The van der Waals surface area contributed by atoms with Crippen LogP contribution in [0.4, 0.5) is 22.9 Å². The summed E-state index contributed by atoms with van der Waals surface area (Å²) < 4.78 is 27.5. The van der Waals surface area contributed by atoms with Crippen LogP contribution in [0.5, 0.6) is 0 Å². The monoisotopic (exact) mass is 442 g/mol. The smallest absolute Gasteiger partial charge is 0.293 e. The van der Waals surface area contributed by atoms with E-state index in [4.69, 9.17) is 0 Å². The van der Waals surface area contributed by atoms with Crippen molar-refractivity contribution in [2.24, 2.45) is 0 Å². The molecular formula is C20H22N6O4S. The summed E-state index contributed by atoms with van der Waals surface area (Å²) in [6, 6.07) is 12.5. The van der Waals surface area contributed by atoms with Crippen molar-refractivity contribution in [3.8, 4) is 0 Å². The number of nitro groups is 1. The minimum absolute atomic E-state index is 0.145. The van der Waals surface area contributed by atoms with Crippen molar-refractivity contribution in [2.45, 2.75) is 11.8 Å². The second-order valence-corrected chi connectivity index (χ2v) is 8.25. The molecule has 11 heteroatoms. The van der Waals surface area contributed by atoms with Crippen LogP contribution in [0.2, 0.25) is 0 Å². The van der Waals surface area contributed by atoms with Crippen molar-refractivity contribution < 1.29 is 13.3 Å². The summed E-state index contributed by atoms with van der Waals surface area (Å²) >= 11 is 0. The molecule has 10 nitrogen and oxygen atoms in total. The summed E-state index contributed by atoms with van der Waals surface area (Å²) in [6.45, 7) is 2.69. The van der Waals surface area contributed by atoms with Gasteiger partial charge in [0, 0.05) is 38.1 Å². The van der Waals surface area contributed by atoms with Crippen LogP contribution in [0.1, 0.15) is 6.92 Å². The fourth-order valence-electron chi connectivity index (χ4n) is 2.96. The lowest BCUT2D eigenvalue weighted by atomic mass is 10.2. The van der Waals surface area contributed by atoms with Gasteiger partial charge in [0.15, 0.2) is 0 Å². The van der Waals surface area contributed by atoms with Gasteiger partial charge in [0.25, 0.3) is 15.7 Å². The van der Waals surface area contributed by atoms with E-state index in [0.29, 0.717) is 24.6 Å². The second kappa shape index (κ2) is 9.85. The van der Waals surface area contributed by atoms with Gasteiger partial charge in [-0.2, -0.15) is 0 Å². The van der Waals surface area contributed by atoms with E-state index in [0.717, 1.165) is 6.07 Å². The lowest BCUT2D eigenvalue weighted by Gasteiger charge is -2.23. The van der Waals surface area contributed by atoms with Gasteiger partial charge in [-0.1, -0.05) is 18.2 Å². The number of nitrogens with zero attached hydrogens (tertiary/aromatic N) is 4.